The van der Waals surface area contributed by atoms with E-state index in [0.717, 1.165) is 5.69 Å². The number of aliphatic imine (C=N–C) groups is 2. The molecule has 0 saturated carbocycles. The van der Waals surface area contributed by atoms with Crippen LogP contribution in [0.3, 0.4) is 0 Å². The summed E-state index contributed by atoms with van der Waals surface area (Å²) < 4.78 is 4.86. The van der Waals surface area contributed by atoms with E-state index in [1.54, 1.807) is 0 Å². The predicted molar refractivity (Wildman–Crippen MR) is 121 cm³/mol. The number of hydrogen-bond acceptors (Lipinski definition) is 7. The quantitative estimate of drug-likeness (QED) is 0.578. The van der Waals surface area contributed by atoms with Crippen LogP contribution in [-0.4, -0.2) is 35.3 Å². The van der Waals surface area contributed by atoms with Gasteiger partial charge in [0.15, 0.2) is 6.61 Å². The summed E-state index contributed by atoms with van der Waals surface area (Å²) in [7, 11) is 0. The lowest BCUT2D eigenvalue weighted by Crippen LogP contribution is -2.54. The molecule has 1 aliphatic rings. The predicted octanol–water partition coefficient (Wildman–Crippen LogP) is 3.98. The summed E-state index contributed by atoms with van der Waals surface area (Å²) in [4.78, 5) is 20.3. The number of anilines is 1. The first-order valence-corrected chi connectivity index (χ1v) is 9.68. The van der Waals surface area contributed by atoms with Crippen molar-refractivity contribution in [1.29, 1.82) is 0 Å². The summed E-state index contributed by atoms with van der Waals surface area (Å²) in [6.07, 6.45) is 0. The maximum Gasteiger partial charge on any atom is 0.341 e. The molecule has 0 unspecified atom stereocenters. The topological polar surface area (TPSA) is 127 Å². The molecule has 11 heteroatoms. The molecular weight excluding hydrogens is 453 g/mol. The van der Waals surface area contributed by atoms with Crippen molar-refractivity contribution >= 4 is 58.4 Å². The molecule has 2 aromatic rings. The maximum atomic E-state index is 10.2. The molecule has 1 heterocycles. The van der Waals surface area contributed by atoms with Crippen molar-refractivity contribution < 1.29 is 14.6 Å². The Bertz CT molecular complexity index is 981. The molecule has 5 N–H and O–H groups in total. The molecule has 0 saturated heterocycles. The second-order valence-electron chi connectivity index (χ2n) is 6.48. The zero-order valence-corrected chi connectivity index (χ0v) is 18.4. The van der Waals surface area contributed by atoms with Crippen molar-refractivity contribution in [3.63, 3.8) is 0 Å². The number of halogens is 3. The molecule has 8 nitrogen and oxygen atoms in total. The second-order valence-corrected chi connectivity index (χ2v) is 7.71. The van der Waals surface area contributed by atoms with Crippen molar-refractivity contribution in [2.24, 2.45) is 21.5 Å². The minimum Gasteiger partial charge on any atom is -0.480 e. The Morgan fingerprint density at radius 2 is 1.70 bits per heavy atom. The van der Waals surface area contributed by atoms with Crippen molar-refractivity contribution in [2.75, 3.05) is 11.5 Å². The number of rotatable bonds is 4. The maximum absolute atomic E-state index is 10.2. The third-order valence-corrected chi connectivity index (χ3v) is 4.75. The van der Waals surface area contributed by atoms with Crippen LogP contribution in [0.15, 0.2) is 52.4 Å². The molecule has 30 heavy (non-hydrogen) atoms. The Balaban J connectivity index is 0.000000216. The van der Waals surface area contributed by atoms with E-state index in [1.165, 1.54) is 12.1 Å². The van der Waals surface area contributed by atoms with Gasteiger partial charge in [0, 0.05) is 11.8 Å². The molecule has 0 radical (unpaired) electrons. The van der Waals surface area contributed by atoms with Crippen LogP contribution in [0, 0.1) is 0 Å². The van der Waals surface area contributed by atoms with Crippen molar-refractivity contribution in [3.8, 4) is 5.75 Å². The van der Waals surface area contributed by atoms with Crippen LogP contribution in [0.1, 0.15) is 13.8 Å². The highest BCUT2D eigenvalue weighted by Gasteiger charge is 2.32. The summed E-state index contributed by atoms with van der Waals surface area (Å²) in [6.45, 7) is 3.40. The lowest BCUT2D eigenvalue weighted by Gasteiger charge is -2.38. The van der Waals surface area contributed by atoms with Gasteiger partial charge >= 0.3 is 5.97 Å². The van der Waals surface area contributed by atoms with Crippen molar-refractivity contribution in [3.05, 3.63) is 57.5 Å². The fraction of sp³-hybridized carbons (Fsp3) is 0.211. The van der Waals surface area contributed by atoms with Gasteiger partial charge in [0.05, 0.1) is 15.1 Å². The number of guanidine groups is 2. The van der Waals surface area contributed by atoms with Gasteiger partial charge in [-0.3, -0.25) is 4.90 Å². The van der Waals surface area contributed by atoms with Crippen LogP contribution in [0.2, 0.25) is 15.1 Å². The zero-order chi connectivity index (χ0) is 22.5. The molecule has 0 spiro atoms. The molecule has 0 aromatic heterocycles. The minimum atomic E-state index is -1.09. The number of carboxylic acids is 1. The average molecular weight is 473 g/mol. The SMILES string of the molecule is CC1(C)N=C(N)N=C(N)N1c1ccccc1.O=C(O)COc1cc(Cl)c(Cl)cc1Cl. The first-order valence-electron chi connectivity index (χ1n) is 8.55. The fourth-order valence-corrected chi connectivity index (χ4v) is 3.17. The van der Waals surface area contributed by atoms with E-state index >= 15 is 0 Å². The highest BCUT2D eigenvalue weighted by atomic mass is 35.5. The van der Waals surface area contributed by atoms with E-state index in [0.29, 0.717) is 11.0 Å². The third kappa shape index (κ3) is 6.16. The zero-order valence-electron chi connectivity index (χ0n) is 16.1. The number of nitrogens with two attached hydrogens (primary N) is 2. The van der Waals surface area contributed by atoms with Crippen LogP contribution in [-0.2, 0) is 4.79 Å². The summed E-state index contributed by atoms with van der Waals surface area (Å²) >= 11 is 17.1. The van der Waals surface area contributed by atoms with Gasteiger partial charge in [-0.2, -0.15) is 4.99 Å². The molecule has 3 rings (SSSR count). The lowest BCUT2D eigenvalue weighted by atomic mass is 10.1. The van der Waals surface area contributed by atoms with Crippen LogP contribution in [0.25, 0.3) is 0 Å². The normalized spacial score (nSPS) is 14.8. The molecule has 0 atom stereocenters. The van der Waals surface area contributed by atoms with Gasteiger partial charge in [-0.25, -0.2) is 9.79 Å². The molecule has 0 amide bonds. The summed E-state index contributed by atoms with van der Waals surface area (Å²) in [5, 5.41) is 9.14. The Labute approximate surface area is 188 Å². The average Bonchev–Trinajstić information content (AvgIpc) is 2.63. The monoisotopic (exact) mass is 471 g/mol. The number of benzene rings is 2. The largest absolute Gasteiger partial charge is 0.480 e. The number of ether oxygens (including phenoxy) is 1. The standard InChI is InChI=1S/C11H15N5.C8H5Cl3O3/c1-11(2)15-9(12)14-10(13)16(11)8-6-4-3-5-7-8;9-4-1-6(11)7(2-5(4)10)14-3-8(12)13/h3-7H,1-2H3,(H4,12,13,14,15);1-2H,3H2,(H,12,13). The first kappa shape index (κ1) is 23.6. The molecule has 1 aliphatic heterocycles. The minimum absolute atomic E-state index is 0.198. The van der Waals surface area contributed by atoms with E-state index in [2.05, 4.69) is 9.98 Å². The van der Waals surface area contributed by atoms with E-state index in [-0.39, 0.29) is 21.8 Å². The Kier molecular flexibility index (Phi) is 7.77. The van der Waals surface area contributed by atoms with Gasteiger partial charge in [0.25, 0.3) is 0 Å². The van der Waals surface area contributed by atoms with Crippen molar-refractivity contribution in [1.82, 2.24) is 0 Å². The summed E-state index contributed by atoms with van der Waals surface area (Å²) in [5.74, 6) is -0.311. The Hall–Kier alpha value is -2.68. The molecule has 0 fully saturated rings. The highest BCUT2D eigenvalue weighted by Crippen LogP contribution is 2.33. The Morgan fingerprint density at radius 3 is 2.27 bits per heavy atom. The van der Waals surface area contributed by atoms with Gasteiger partial charge in [-0.1, -0.05) is 53.0 Å². The summed E-state index contributed by atoms with van der Waals surface area (Å²) in [6, 6.07) is 12.5. The van der Waals surface area contributed by atoms with Gasteiger partial charge in [0.1, 0.15) is 11.4 Å². The third-order valence-electron chi connectivity index (χ3n) is 3.73. The number of carboxylic acid groups (broad SMARTS) is 1. The number of hydrogen-bond donors (Lipinski definition) is 3. The smallest absolute Gasteiger partial charge is 0.341 e. The molecule has 2 aromatic carbocycles. The van der Waals surface area contributed by atoms with Crippen LogP contribution in [0.4, 0.5) is 5.69 Å². The fourth-order valence-electron chi connectivity index (χ4n) is 2.58. The number of para-hydroxylation sites is 1. The van der Waals surface area contributed by atoms with E-state index in [1.807, 2.05) is 49.1 Å². The van der Waals surface area contributed by atoms with E-state index in [9.17, 15) is 4.79 Å². The second kappa shape index (κ2) is 9.88. The number of carbonyl (C=O) groups is 1. The number of nitrogens with zero attached hydrogens (tertiary/aromatic N) is 3. The van der Waals surface area contributed by atoms with E-state index in [4.69, 9.17) is 56.1 Å². The van der Waals surface area contributed by atoms with Gasteiger partial charge in [-0.05, 0) is 32.0 Å². The van der Waals surface area contributed by atoms with Gasteiger partial charge < -0.3 is 21.3 Å². The van der Waals surface area contributed by atoms with E-state index < -0.39 is 18.2 Å². The first-order chi connectivity index (χ1) is 14.0. The van der Waals surface area contributed by atoms with Crippen LogP contribution < -0.4 is 21.1 Å². The Morgan fingerprint density at radius 1 is 1.10 bits per heavy atom. The summed E-state index contributed by atoms with van der Waals surface area (Å²) in [5.41, 5.74) is 11.9. The molecular formula is C19H20Cl3N5O3. The van der Waals surface area contributed by atoms with Gasteiger partial charge in [-0.15, -0.1) is 0 Å². The van der Waals surface area contributed by atoms with Crippen LogP contribution in [0.5, 0.6) is 5.75 Å². The lowest BCUT2D eigenvalue weighted by molar-refractivity contribution is -0.139. The van der Waals surface area contributed by atoms with Crippen molar-refractivity contribution in [2.45, 2.75) is 19.5 Å². The highest BCUT2D eigenvalue weighted by molar-refractivity contribution is 6.43. The number of aliphatic carboxylic acids is 1. The van der Waals surface area contributed by atoms with Gasteiger partial charge in [0.2, 0.25) is 11.9 Å². The molecule has 0 bridgehead atoms. The molecule has 160 valence electrons. The molecule has 0 aliphatic carbocycles. The van der Waals surface area contributed by atoms with Crippen LogP contribution >= 0.6 is 34.8 Å².